The summed E-state index contributed by atoms with van der Waals surface area (Å²) in [5.41, 5.74) is 0.989. The van der Waals surface area contributed by atoms with Gasteiger partial charge in [0.1, 0.15) is 0 Å². The van der Waals surface area contributed by atoms with E-state index in [0.29, 0.717) is 11.1 Å². The van der Waals surface area contributed by atoms with Crippen LogP contribution < -0.4 is 10.6 Å². The Hall–Kier alpha value is -0.320. The molecule has 0 aromatic carbocycles. The Balaban J connectivity index is 0.000000134. The fourth-order valence-corrected chi connectivity index (χ4v) is 10.9. The van der Waals surface area contributed by atoms with Crippen molar-refractivity contribution in [2.24, 2.45) is 0 Å². The number of piperazine rings is 4. The molecule has 2 unspecified atom stereocenters. The van der Waals surface area contributed by atoms with E-state index in [1.54, 1.807) is 0 Å². The van der Waals surface area contributed by atoms with Crippen LogP contribution >= 0.6 is 0 Å². The number of nitrogens with zero attached hydrogens (tertiary/aromatic N) is 6. The van der Waals surface area contributed by atoms with Crippen molar-refractivity contribution in [1.29, 1.82) is 0 Å². The fourth-order valence-electron chi connectivity index (χ4n) is 10.9. The van der Waals surface area contributed by atoms with Crippen LogP contribution in [0.4, 0.5) is 0 Å². The van der Waals surface area contributed by atoms with Gasteiger partial charge in [0.15, 0.2) is 0 Å². The Kier molecular flexibility index (Phi) is 17.1. The lowest BCUT2D eigenvalue weighted by molar-refractivity contribution is 0.0348. The molecule has 8 aliphatic rings. The summed E-state index contributed by atoms with van der Waals surface area (Å²) in [6.45, 7) is 36.5. The smallest absolute Gasteiger partial charge is 0.0309 e. The first-order valence-electron chi connectivity index (χ1n) is 22.9. The summed E-state index contributed by atoms with van der Waals surface area (Å²) in [4.78, 5) is 15.9. The zero-order valence-corrected chi connectivity index (χ0v) is 35.9. The summed E-state index contributed by atoms with van der Waals surface area (Å²) >= 11 is 0. The van der Waals surface area contributed by atoms with Gasteiger partial charge in [0.2, 0.25) is 0 Å². The molecule has 0 bridgehead atoms. The van der Waals surface area contributed by atoms with E-state index in [9.17, 15) is 0 Å². The molecule has 0 amide bonds. The highest BCUT2D eigenvalue weighted by atomic mass is 15.3. The SMILES string of the molecule is CC(C)N1CCN2CCCC2C1.CC(C)N1CCN2CCCCC2C1.CC(C)N1CCNC2(CCCC2)C1.CC(C)N1CCNC2(CCCCC2)C1. The van der Waals surface area contributed by atoms with Crippen LogP contribution in [0.2, 0.25) is 0 Å². The molecule has 0 aromatic rings. The van der Waals surface area contributed by atoms with Crippen molar-refractivity contribution in [3.8, 4) is 0 Å². The van der Waals surface area contributed by atoms with E-state index in [0.717, 1.165) is 36.3 Å². The number of piperidine rings is 1. The van der Waals surface area contributed by atoms with Gasteiger partial charge in [-0.3, -0.25) is 29.4 Å². The minimum absolute atomic E-state index is 0.487. The molecular weight excluding hydrogens is 641 g/mol. The molecule has 8 nitrogen and oxygen atoms in total. The summed E-state index contributed by atoms with van der Waals surface area (Å²) in [6.07, 6.45) is 19.9. The fraction of sp³-hybridized carbons (Fsp3) is 1.00. The summed E-state index contributed by atoms with van der Waals surface area (Å²) < 4.78 is 0. The zero-order chi connectivity index (χ0) is 37.1. The highest BCUT2D eigenvalue weighted by Crippen LogP contribution is 2.33. The second kappa shape index (κ2) is 20.7. The third-order valence-corrected chi connectivity index (χ3v) is 14.6. The van der Waals surface area contributed by atoms with E-state index < -0.39 is 0 Å². The molecule has 6 saturated heterocycles. The molecule has 2 saturated carbocycles. The summed E-state index contributed by atoms with van der Waals surface area (Å²) in [6, 6.07) is 4.69. The van der Waals surface area contributed by atoms with Crippen LogP contribution in [-0.4, -0.2) is 168 Å². The van der Waals surface area contributed by atoms with Crippen molar-refractivity contribution in [2.45, 2.75) is 193 Å². The lowest BCUT2D eigenvalue weighted by Crippen LogP contribution is -2.62. The van der Waals surface area contributed by atoms with Crippen molar-refractivity contribution >= 4 is 0 Å². The molecule has 2 spiro atoms. The monoisotopic (exact) mass is 729 g/mol. The number of hydrogen-bond acceptors (Lipinski definition) is 8. The van der Waals surface area contributed by atoms with Crippen LogP contribution in [0, 0.1) is 0 Å². The minimum atomic E-state index is 0.487. The minimum Gasteiger partial charge on any atom is -0.309 e. The van der Waals surface area contributed by atoms with Crippen LogP contribution in [0.25, 0.3) is 0 Å². The van der Waals surface area contributed by atoms with Crippen molar-refractivity contribution in [3.63, 3.8) is 0 Å². The third-order valence-electron chi connectivity index (χ3n) is 14.6. The molecule has 6 aliphatic heterocycles. The maximum atomic E-state index is 3.78. The topological polar surface area (TPSA) is 43.5 Å². The first-order valence-corrected chi connectivity index (χ1v) is 22.9. The van der Waals surface area contributed by atoms with Crippen molar-refractivity contribution in [3.05, 3.63) is 0 Å². The lowest BCUT2D eigenvalue weighted by atomic mass is 9.80. The maximum Gasteiger partial charge on any atom is 0.0309 e. The molecule has 52 heavy (non-hydrogen) atoms. The van der Waals surface area contributed by atoms with Gasteiger partial charge < -0.3 is 10.6 Å². The Morgan fingerprint density at radius 3 is 1.25 bits per heavy atom. The van der Waals surface area contributed by atoms with E-state index >= 15 is 0 Å². The van der Waals surface area contributed by atoms with Crippen molar-refractivity contribution in [2.75, 3.05) is 91.6 Å². The molecular formula is C44H88N8. The molecule has 8 fully saturated rings. The van der Waals surface area contributed by atoms with Crippen molar-refractivity contribution < 1.29 is 0 Å². The molecule has 8 rings (SSSR count). The van der Waals surface area contributed by atoms with E-state index in [1.807, 2.05) is 0 Å². The molecule has 304 valence electrons. The lowest BCUT2D eigenvalue weighted by Gasteiger charge is -2.47. The highest BCUT2D eigenvalue weighted by Gasteiger charge is 2.39. The average molecular weight is 729 g/mol. The van der Waals surface area contributed by atoms with Gasteiger partial charge in [0.05, 0.1) is 0 Å². The largest absolute Gasteiger partial charge is 0.309 e. The summed E-state index contributed by atoms with van der Waals surface area (Å²) in [7, 11) is 0. The molecule has 2 aliphatic carbocycles. The van der Waals surface area contributed by atoms with Gasteiger partial charge >= 0.3 is 0 Å². The zero-order valence-electron chi connectivity index (χ0n) is 35.9. The van der Waals surface area contributed by atoms with Crippen LogP contribution in [0.5, 0.6) is 0 Å². The summed E-state index contributed by atoms with van der Waals surface area (Å²) in [5, 5.41) is 7.52. The first kappa shape index (κ1) is 42.8. The van der Waals surface area contributed by atoms with Gasteiger partial charge in [0.25, 0.3) is 0 Å². The predicted molar refractivity (Wildman–Crippen MR) is 224 cm³/mol. The highest BCUT2D eigenvalue weighted by molar-refractivity contribution is 4.99. The molecule has 2 N–H and O–H groups in total. The second-order valence-corrected chi connectivity index (χ2v) is 19.5. The standard InChI is InChI=1S/C12H24N2.2C11H22N2.C10H20N2/c1-11(2)14-9-8-13-12(10-14)6-4-3-5-7-12;1-10(2)13-8-7-12-6-4-3-5-11(12)9-13;1-10(2)13-8-7-12-11(9-13)5-3-4-6-11;1-9(2)12-7-6-11-5-3-4-10(11)8-12/h11,13H,3-10H2,1-2H3;10-11H,3-9H2,1-2H3;10,12H,3-9H2,1-2H3;9-10H,3-8H2,1-2H3. The Labute approximate surface area is 323 Å². The van der Waals surface area contributed by atoms with E-state index in [4.69, 9.17) is 0 Å². The number of hydrogen-bond donors (Lipinski definition) is 2. The predicted octanol–water partition coefficient (Wildman–Crippen LogP) is 6.36. The second-order valence-electron chi connectivity index (χ2n) is 19.5. The Bertz CT molecular complexity index is 983. The number of nitrogens with one attached hydrogen (secondary N) is 2. The van der Waals surface area contributed by atoms with Gasteiger partial charge in [0, 0.05) is 126 Å². The van der Waals surface area contributed by atoms with E-state index in [1.165, 1.54) is 182 Å². The van der Waals surface area contributed by atoms with Gasteiger partial charge in [-0.05, 0) is 120 Å². The van der Waals surface area contributed by atoms with Gasteiger partial charge in [-0.15, -0.1) is 0 Å². The molecule has 0 aromatic heterocycles. The van der Waals surface area contributed by atoms with Gasteiger partial charge in [-0.25, -0.2) is 0 Å². The number of rotatable bonds is 4. The first-order chi connectivity index (χ1) is 25.0. The third kappa shape index (κ3) is 12.3. The van der Waals surface area contributed by atoms with Crippen molar-refractivity contribution in [1.82, 2.24) is 40.0 Å². The Morgan fingerprint density at radius 1 is 0.404 bits per heavy atom. The molecule has 8 heteroatoms. The van der Waals surface area contributed by atoms with Gasteiger partial charge in [-0.1, -0.05) is 38.5 Å². The normalized spacial score (nSPS) is 30.5. The molecule has 2 atom stereocenters. The van der Waals surface area contributed by atoms with Crippen LogP contribution in [0.1, 0.15) is 145 Å². The van der Waals surface area contributed by atoms with Crippen LogP contribution in [-0.2, 0) is 0 Å². The van der Waals surface area contributed by atoms with E-state index in [2.05, 4.69) is 95.4 Å². The molecule has 6 heterocycles. The van der Waals surface area contributed by atoms with E-state index in [-0.39, 0.29) is 0 Å². The van der Waals surface area contributed by atoms with Gasteiger partial charge in [-0.2, -0.15) is 0 Å². The van der Waals surface area contributed by atoms with Crippen LogP contribution in [0.3, 0.4) is 0 Å². The maximum absolute atomic E-state index is 3.78. The Morgan fingerprint density at radius 2 is 0.808 bits per heavy atom. The quantitative estimate of drug-likeness (QED) is 0.347. The molecule has 0 radical (unpaired) electrons. The summed E-state index contributed by atoms with van der Waals surface area (Å²) in [5.74, 6) is 0. The van der Waals surface area contributed by atoms with Crippen LogP contribution in [0.15, 0.2) is 0 Å². The number of fused-ring (bicyclic) bond motifs is 2. The average Bonchev–Trinajstić information content (AvgIpc) is 3.82.